The Morgan fingerprint density at radius 1 is 1.69 bits per heavy atom. The summed E-state index contributed by atoms with van der Waals surface area (Å²) in [7, 11) is 0. The molecule has 13 heavy (non-hydrogen) atoms. The van der Waals surface area contributed by atoms with Crippen LogP contribution in [-0.4, -0.2) is 34.5 Å². The average molecular weight is 202 g/mol. The summed E-state index contributed by atoms with van der Waals surface area (Å²) in [5, 5.41) is 18.9. The summed E-state index contributed by atoms with van der Waals surface area (Å²) < 4.78 is 0. The number of nitrogens with zero attached hydrogens (tertiary/aromatic N) is 1. The second-order valence-electron chi connectivity index (χ2n) is 2.28. The summed E-state index contributed by atoms with van der Waals surface area (Å²) in [4.78, 5) is 21.2. The number of carbonyl (C=O) groups excluding carboxylic acids is 1. The third kappa shape index (κ3) is 5.99. The molecule has 0 aliphatic carbocycles. The molecule has 0 aliphatic rings. The lowest BCUT2D eigenvalue weighted by Crippen LogP contribution is -2.39. The molecule has 0 aromatic carbocycles. The van der Waals surface area contributed by atoms with Gasteiger partial charge in [-0.25, -0.2) is 0 Å². The molecule has 2 N–H and O–H groups in total. The molecule has 0 saturated heterocycles. The maximum Gasteiger partial charge on any atom is 0.325 e. The van der Waals surface area contributed by atoms with E-state index in [0.29, 0.717) is 0 Å². The first-order valence-corrected chi connectivity index (χ1v) is 4.70. The largest absolute Gasteiger partial charge is 0.480 e. The van der Waals surface area contributed by atoms with Crippen molar-refractivity contribution in [2.75, 3.05) is 11.5 Å². The number of carboxylic acid groups (broad SMARTS) is 1. The van der Waals surface area contributed by atoms with E-state index in [1.807, 2.05) is 6.07 Å². The Bertz CT molecular complexity index is 236. The minimum atomic E-state index is -1.07. The average Bonchev–Trinajstić information content (AvgIpc) is 2.04. The number of nitrogens with one attached hydrogen (secondary N) is 1. The fraction of sp³-hybridized carbons (Fsp3) is 0.571. The number of carbonyl (C=O) groups is 2. The van der Waals surface area contributed by atoms with E-state index in [4.69, 9.17) is 10.4 Å². The lowest BCUT2D eigenvalue weighted by molar-refractivity contribution is -0.140. The van der Waals surface area contributed by atoms with Gasteiger partial charge >= 0.3 is 5.97 Å². The topological polar surface area (TPSA) is 90.2 Å². The summed E-state index contributed by atoms with van der Waals surface area (Å²) in [6, 6.07) is 0.986. The van der Waals surface area contributed by atoms with E-state index in [1.54, 1.807) is 0 Å². The maximum atomic E-state index is 10.9. The zero-order chi connectivity index (χ0) is 10.3. The molecule has 0 fully saturated rings. The maximum absolute atomic E-state index is 10.9. The highest BCUT2D eigenvalue weighted by atomic mass is 32.2. The molecular weight excluding hydrogens is 192 g/mol. The Kier molecular flexibility index (Phi) is 5.72. The van der Waals surface area contributed by atoms with E-state index in [2.05, 4.69) is 5.32 Å². The molecule has 0 aliphatic heterocycles. The first-order chi connectivity index (χ1) is 6.07. The highest BCUT2D eigenvalue weighted by Gasteiger charge is 2.13. The first kappa shape index (κ1) is 11.8. The molecule has 0 aromatic rings. The van der Waals surface area contributed by atoms with Gasteiger partial charge in [0.05, 0.1) is 17.6 Å². The molecule has 5 nitrogen and oxygen atoms in total. The lowest BCUT2D eigenvalue weighted by atomic mass is 10.3. The van der Waals surface area contributed by atoms with Crippen LogP contribution in [0.1, 0.15) is 6.92 Å². The molecule has 0 bridgehead atoms. The van der Waals surface area contributed by atoms with Crippen LogP contribution < -0.4 is 5.32 Å². The molecule has 6 heteroatoms. The Labute approximate surface area is 80.1 Å². The number of amides is 1. The zero-order valence-electron chi connectivity index (χ0n) is 7.11. The third-order valence-corrected chi connectivity index (χ3v) is 1.95. The van der Waals surface area contributed by atoms with Crippen LogP contribution in [0.5, 0.6) is 0 Å². The van der Waals surface area contributed by atoms with Crippen molar-refractivity contribution < 1.29 is 14.7 Å². The second kappa shape index (κ2) is 6.31. The molecule has 0 aromatic heterocycles. The quantitative estimate of drug-likeness (QED) is 0.604. The number of aliphatic carboxylic acids is 1. The van der Waals surface area contributed by atoms with Crippen LogP contribution in [0.2, 0.25) is 0 Å². The highest BCUT2D eigenvalue weighted by molar-refractivity contribution is 8.00. The van der Waals surface area contributed by atoms with Gasteiger partial charge in [-0.2, -0.15) is 5.26 Å². The molecule has 0 radical (unpaired) electrons. The molecule has 1 atom stereocenters. The van der Waals surface area contributed by atoms with Crippen molar-refractivity contribution in [3.63, 3.8) is 0 Å². The van der Waals surface area contributed by atoms with E-state index >= 15 is 0 Å². The van der Waals surface area contributed by atoms with Gasteiger partial charge in [-0.1, -0.05) is 0 Å². The van der Waals surface area contributed by atoms with Crippen LogP contribution in [0.15, 0.2) is 0 Å². The van der Waals surface area contributed by atoms with Gasteiger partial charge in [-0.3, -0.25) is 9.59 Å². The minimum Gasteiger partial charge on any atom is -0.480 e. The van der Waals surface area contributed by atoms with Gasteiger partial charge in [0.1, 0.15) is 6.04 Å². The molecule has 0 heterocycles. The second-order valence-corrected chi connectivity index (χ2v) is 3.26. The van der Waals surface area contributed by atoms with Gasteiger partial charge in [0.15, 0.2) is 0 Å². The van der Waals surface area contributed by atoms with Crippen molar-refractivity contribution in [2.24, 2.45) is 0 Å². The SMILES string of the molecule is C[C@H](NC(=O)CSCC#N)C(=O)O. The smallest absolute Gasteiger partial charge is 0.325 e. The summed E-state index contributed by atoms with van der Waals surface area (Å²) in [6.07, 6.45) is 0. The fourth-order valence-corrected chi connectivity index (χ4v) is 0.996. The molecule has 1 amide bonds. The zero-order valence-corrected chi connectivity index (χ0v) is 7.93. The molecule has 0 rings (SSSR count). The van der Waals surface area contributed by atoms with E-state index < -0.39 is 12.0 Å². The van der Waals surface area contributed by atoms with Crippen LogP contribution in [-0.2, 0) is 9.59 Å². The molecular formula is C7H10N2O3S. The first-order valence-electron chi connectivity index (χ1n) is 3.54. The molecule has 0 saturated carbocycles. The Hall–Kier alpha value is -1.22. The lowest BCUT2D eigenvalue weighted by Gasteiger charge is -2.07. The van der Waals surface area contributed by atoms with Gasteiger partial charge in [0.2, 0.25) is 5.91 Å². The molecule has 0 unspecified atom stereocenters. The van der Waals surface area contributed by atoms with E-state index in [9.17, 15) is 9.59 Å². The van der Waals surface area contributed by atoms with Crippen molar-refractivity contribution in [2.45, 2.75) is 13.0 Å². The fourth-order valence-electron chi connectivity index (χ4n) is 0.534. The van der Waals surface area contributed by atoms with Crippen molar-refractivity contribution in [1.82, 2.24) is 5.32 Å². The number of hydrogen-bond acceptors (Lipinski definition) is 4. The van der Waals surface area contributed by atoms with E-state index in [-0.39, 0.29) is 17.4 Å². The Balaban J connectivity index is 3.63. The van der Waals surface area contributed by atoms with Gasteiger partial charge in [0, 0.05) is 0 Å². The van der Waals surface area contributed by atoms with Crippen molar-refractivity contribution in [3.05, 3.63) is 0 Å². The van der Waals surface area contributed by atoms with Crippen LogP contribution in [0, 0.1) is 11.3 Å². The Morgan fingerprint density at radius 2 is 2.31 bits per heavy atom. The van der Waals surface area contributed by atoms with E-state index in [0.717, 1.165) is 11.8 Å². The highest BCUT2D eigenvalue weighted by Crippen LogP contribution is 1.97. The Morgan fingerprint density at radius 3 is 2.77 bits per heavy atom. The number of carboxylic acids is 1. The van der Waals surface area contributed by atoms with Crippen LogP contribution in [0.25, 0.3) is 0 Å². The standard InChI is InChI=1S/C7H10N2O3S/c1-5(7(11)12)9-6(10)4-13-3-2-8/h5H,3-4H2,1H3,(H,9,10)(H,11,12)/t5-/m0/s1. The number of thioether (sulfide) groups is 1. The van der Waals surface area contributed by atoms with Crippen molar-refractivity contribution in [3.8, 4) is 6.07 Å². The number of hydrogen-bond donors (Lipinski definition) is 2. The molecule has 0 spiro atoms. The summed E-state index contributed by atoms with van der Waals surface area (Å²) in [6.45, 7) is 1.38. The summed E-state index contributed by atoms with van der Waals surface area (Å²) in [5.41, 5.74) is 0. The van der Waals surface area contributed by atoms with Crippen LogP contribution in [0.4, 0.5) is 0 Å². The predicted molar refractivity (Wildman–Crippen MR) is 48.2 cm³/mol. The van der Waals surface area contributed by atoms with Crippen LogP contribution in [0.3, 0.4) is 0 Å². The number of rotatable bonds is 5. The molecule has 72 valence electrons. The monoisotopic (exact) mass is 202 g/mol. The normalized spacial score (nSPS) is 11.4. The third-order valence-electron chi connectivity index (χ3n) is 1.15. The number of nitriles is 1. The summed E-state index contributed by atoms with van der Waals surface area (Å²) in [5.74, 6) is -1.09. The van der Waals surface area contributed by atoms with Crippen LogP contribution >= 0.6 is 11.8 Å². The van der Waals surface area contributed by atoms with Gasteiger partial charge < -0.3 is 10.4 Å². The van der Waals surface area contributed by atoms with Crippen molar-refractivity contribution >= 4 is 23.6 Å². The predicted octanol–water partition coefficient (Wildman–Crippen LogP) is -0.168. The van der Waals surface area contributed by atoms with Gasteiger partial charge in [0.25, 0.3) is 0 Å². The minimum absolute atomic E-state index is 0.116. The van der Waals surface area contributed by atoms with Gasteiger partial charge in [-0.15, -0.1) is 11.8 Å². The van der Waals surface area contributed by atoms with Gasteiger partial charge in [-0.05, 0) is 6.92 Å². The van der Waals surface area contributed by atoms with E-state index in [1.165, 1.54) is 6.92 Å². The van der Waals surface area contributed by atoms with Crippen molar-refractivity contribution in [1.29, 1.82) is 5.26 Å². The summed E-state index contributed by atoms with van der Waals surface area (Å²) >= 11 is 1.15.